The summed E-state index contributed by atoms with van der Waals surface area (Å²) in [6.07, 6.45) is 3.29. The number of nitrogens with one attached hydrogen (secondary N) is 1. The van der Waals surface area contributed by atoms with Gasteiger partial charge < -0.3 is 10.2 Å². The first kappa shape index (κ1) is 12.4. The number of amides is 1. The molecule has 2 bridgehead atoms. The Morgan fingerprint density at radius 1 is 1.15 bits per heavy atom. The molecule has 0 radical (unpaired) electrons. The number of thiophene rings is 1. The van der Waals surface area contributed by atoms with Gasteiger partial charge in [0.2, 0.25) is 0 Å². The number of rotatable bonds is 2. The fourth-order valence-electron chi connectivity index (χ4n) is 3.48. The molecule has 1 aromatic carbocycles. The predicted molar refractivity (Wildman–Crippen MR) is 82.3 cm³/mol. The van der Waals surface area contributed by atoms with Crippen molar-refractivity contribution in [2.45, 2.75) is 24.8 Å². The molecule has 104 valence electrons. The van der Waals surface area contributed by atoms with Crippen molar-refractivity contribution in [3.8, 4) is 0 Å². The maximum absolute atomic E-state index is 12.7. The van der Waals surface area contributed by atoms with Gasteiger partial charge in [0.1, 0.15) is 0 Å². The van der Waals surface area contributed by atoms with E-state index in [1.165, 1.54) is 4.70 Å². The van der Waals surface area contributed by atoms with Gasteiger partial charge in [-0.15, -0.1) is 11.3 Å². The van der Waals surface area contributed by atoms with Crippen LogP contribution in [0.3, 0.4) is 0 Å². The number of fused-ring (bicyclic) bond motifs is 4. The van der Waals surface area contributed by atoms with Gasteiger partial charge in [0.15, 0.2) is 0 Å². The molecule has 0 unspecified atom stereocenters. The fourth-order valence-corrected chi connectivity index (χ4v) is 4.42. The second kappa shape index (κ2) is 4.57. The first-order chi connectivity index (χ1) is 9.76. The summed E-state index contributed by atoms with van der Waals surface area (Å²) >= 11 is 1.65. The number of hydrogen-bond acceptors (Lipinski definition) is 3. The Morgan fingerprint density at radius 3 is 2.60 bits per heavy atom. The summed E-state index contributed by atoms with van der Waals surface area (Å²) in [5.74, 6) is 0.109. The minimum Gasteiger partial charge on any atom is -0.346 e. The number of nitrogens with zero attached hydrogens (tertiary/aromatic N) is 1. The molecule has 3 fully saturated rings. The number of piperidine rings is 3. The second-order valence-corrected chi connectivity index (χ2v) is 6.88. The molecule has 2 aromatic rings. The van der Waals surface area contributed by atoms with Crippen LogP contribution in [0.4, 0.5) is 0 Å². The van der Waals surface area contributed by atoms with Crippen molar-refractivity contribution in [1.82, 2.24) is 10.2 Å². The van der Waals surface area contributed by atoms with Crippen LogP contribution in [0.25, 0.3) is 10.1 Å². The highest BCUT2D eigenvalue weighted by Gasteiger charge is 2.40. The lowest BCUT2D eigenvalue weighted by atomic mass is 9.80. The molecule has 3 aliphatic rings. The standard InChI is InChI=1S/C16H18N2OS/c19-15(13-11-20-14-4-2-1-3-12(13)14)17-16-5-8-18(9-6-16)10-7-16/h1-4,11H,5-10H2,(H,17,19). The molecule has 3 saturated heterocycles. The Morgan fingerprint density at radius 2 is 1.85 bits per heavy atom. The third kappa shape index (κ3) is 1.95. The number of carbonyl (C=O) groups is 1. The molecule has 0 atom stereocenters. The molecule has 4 heterocycles. The van der Waals surface area contributed by atoms with E-state index < -0.39 is 0 Å². The van der Waals surface area contributed by atoms with E-state index in [1.54, 1.807) is 11.3 Å². The van der Waals surface area contributed by atoms with Gasteiger partial charge in [0, 0.05) is 40.6 Å². The number of hydrogen-bond donors (Lipinski definition) is 1. The lowest BCUT2D eigenvalue weighted by Gasteiger charge is -2.48. The van der Waals surface area contributed by atoms with Crippen LogP contribution in [0, 0.1) is 0 Å². The van der Waals surface area contributed by atoms with Crippen LogP contribution in [0.15, 0.2) is 29.6 Å². The highest BCUT2D eigenvalue weighted by Crippen LogP contribution is 2.33. The lowest BCUT2D eigenvalue weighted by molar-refractivity contribution is 0.0517. The quantitative estimate of drug-likeness (QED) is 0.920. The maximum atomic E-state index is 12.7. The predicted octanol–water partition coefficient (Wildman–Crippen LogP) is 2.87. The first-order valence-electron chi connectivity index (χ1n) is 7.27. The van der Waals surface area contributed by atoms with Crippen LogP contribution in [-0.2, 0) is 0 Å². The average Bonchev–Trinajstić information content (AvgIpc) is 2.93. The molecule has 1 N–H and O–H groups in total. The van der Waals surface area contributed by atoms with Gasteiger partial charge in [-0.2, -0.15) is 0 Å². The molecule has 3 aliphatic heterocycles. The third-order valence-corrected chi connectivity index (χ3v) is 5.79. The van der Waals surface area contributed by atoms with Crippen molar-refractivity contribution in [2.24, 2.45) is 0 Å². The zero-order chi connectivity index (χ0) is 13.6. The summed E-state index contributed by atoms with van der Waals surface area (Å²) < 4.78 is 1.19. The first-order valence-corrected chi connectivity index (χ1v) is 8.15. The summed E-state index contributed by atoms with van der Waals surface area (Å²) in [6, 6.07) is 8.15. The van der Waals surface area contributed by atoms with Crippen molar-refractivity contribution in [2.75, 3.05) is 19.6 Å². The molecular weight excluding hydrogens is 268 g/mol. The van der Waals surface area contributed by atoms with Crippen molar-refractivity contribution >= 4 is 27.3 Å². The van der Waals surface area contributed by atoms with Crippen LogP contribution in [0.5, 0.6) is 0 Å². The average molecular weight is 286 g/mol. The van der Waals surface area contributed by atoms with E-state index in [4.69, 9.17) is 0 Å². The molecule has 0 spiro atoms. The Balaban J connectivity index is 1.61. The molecule has 20 heavy (non-hydrogen) atoms. The van der Waals surface area contributed by atoms with Crippen LogP contribution in [0.1, 0.15) is 29.6 Å². The normalized spacial score (nSPS) is 28.7. The van der Waals surface area contributed by atoms with E-state index in [0.717, 1.165) is 49.8 Å². The molecule has 0 saturated carbocycles. The van der Waals surface area contributed by atoms with Crippen molar-refractivity contribution in [3.05, 3.63) is 35.2 Å². The smallest absolute Gasteiger partial charge is 0.253 e. The van der Waals surface area contributed by atoms with Crippen LogP contribution < -0.4 is 5.32 Å². The minimum absolute atomic E-state index is 0.0505. The van der Waals surface area contributed by atoms with E-state index in [9.17, 15) is 4.79 Å². The Hall–Kier alpha value is -1.39. The Kier molecular flexibility index (Phi) is 2.82. The van der Waals surface area contributed by atoms with Crippen LogP contribution >= 0.6 is 11.3 Å². The fraction of sp³-hybridized carbons (Fsp3) is 0.438. The number of benzene rings is 1. The van der Waals surface area contributed by atoms with Gasteiger partial charge in [-0.1, -0.05) is 18.2 Å². The summed E-state index contributed by atoms with van der Waals surface area (Å²) in [4.78, 5) is 15.1. The second-order valence-electron chi connectivity index (χ2n) is 5.97. The van der Waals surface area contributed by atoms with Crippen LogP contribution in [0.2, 0.25) is 0 Å². The Bertz CT molecular complexity index is 642. The summed E-state index contributed by atoms with van der Waals surface area (Å²) in [5, 5.41) is 6.43. The van der Waals surface area contributed by atoms with Crippen molar-refractivity contribution in [3.63, 3.8) is 0 Å². The largest absolute Gasteiger partial charge is 0.346 e. The summed E-state index contributed by atoms with van der Waals surface area (Å²) in [6.45, 7) is 3.39. The highest BCUT2D eigenvalue weighted by molar-refractivity contribution is 7.17. The zero-order valence-corrected chi connectivity index (χ0v) is 12.2. The molecule has 5 rings (SSSR count). The van der Waals surface area contributed by atoms with E-state index in [0.29, 0.717) is 0 Å². The van der Waals surface area contributed by atoms with Crippen molar-refractivity contribution < 1.29 is 4.79 Å². The topological polar surface area (TPSA) is 32.3 Å². The lowest BCUT2D eigenvalue weighted by Crippen LogP contribution is -2.60. The molecule has 0 aliphatic carbocycles. The SMILES string of the molecule is O=C(NC12CCN(CC1)CC2)c1csc2ccccc12. The van der Waals surface area contributed by atoms with E-state index >= 15 is 0 Å². The van der Waals surface area contributed by atoms with Gasteiger partial charge in [0.05, 0.1) is 5.56 Å². The highest BCUT2D eigenvalue weighted by atomic mass is 32.1. The van der Waals surface area contributed by atoms with Crippen LogP contribution in [-0.4, -0.2) is 36.0 Å². The number of carbonyl (C=O) groups excluding carboxylic acids is 1. The maximum Gasteiger partial charge on any atom is 0.253 e. The molecule has 4 heteroatoms. The summed E-state index contributed by atoms with van der Waals surface area (Å²) in [7, 11) is 0. The minimum atomic E-state index is 0.0505. The molecular formula is C16H18N2OS. The molecule has 1 aromatic heterocycles. The van der Waals surface area contributed by atoms with E-state index in [-0.39, 0.29) is 11.4 Å². The van der Waals surface area contributed by atoms with Gasteiger partial charge in [-0.3, -0.25) is 4.79 Å². The summed E-state index contributed by atoms with van der Waals surface area (Å²) in [5.41, 5.74) is 0.891. The van der Waals surface area contributed by atoms with Gasteiger partial charge in [-0.25, -0.2) is 0 Å². The monoisotopic (exact) mass is 286 g/mol. The van der Waals surface area contributed by atoms with Gasteiger partial charge in [-0.05, 0) is 25.3 Å². The zero-order valence-electron chi connectivity index (χ0n) is 11.4. The molecule has 1 amide bonds. The van der Waals surface area contributed by atoms with E-state index in [2.05, 4.69) is 16.3 Å². The van der Waals surface area contributed by atoms with E-state index in [1.807, 2.05) is 23.6 Å². The van der Waals surface area contributed by atoms with Gasteiger partial charge >= 0.3 is 0 Å². The Labute approximate surface area is 122 Å². The van der Waals surface area contributed by atoms with Gasteiger partial charge in [0.25, 0.3) is 5.91 Å². The molecule has 3 nitrogen and oxygen atoms in total. The van der Waals surface area contributed by atoms with Crippen molar-refractivity contribution in [1.29, 1.82) is 0 Å². The third-order valence-electron chi connectivity index (χ3n) is 4.82.